The molecule has 11 aromatic rings. The first kappa shape index (κ1) is 26.7. The number of aromatic nitrogens is 3. The lowest BCUT2D eigenvalue weighted by atomic mass is 10.00. The van der Waals surface area contributed by atoms with Crippen LogP contribution in [0.4, 0.5) is 0 Å². The Morgan fingerprint density at radius 2 is 1.16 bits per heavy atom. The number of para-hydroxylation sites is 4. The maximum absolute atomic E-state index is 6.50. The first-order valence-electron chi connectivity index (χ1n) is 16.4. The van der Waals surface area contributed by atoms with Gasteiger partial charge in [-0.1, -0.05) is 127 Å². The zero-order valence-electron chi connectivity index (χ0n) is 26.1. The van der Waals surface area contributed by atoms with Crippen molar-refractivity contribution in [1.29, 1.82) is 0 Å². The molecule has 0 atom stereocenters. The fourth-order valence-electron chi connectivity index (χ4n) is 7.68. The molecule has 0 saturated heterocycles. The quantitative estimate of drug-likeness (QED) is 0.192. The lowest BCUT2D eigenvalue weighted by molar-refractivity contribution is 0.670. The summed E-state index contributed by atoms with van der Waals surface area (Å²) in [4.78, 5) is 10.5. The van der Waals surface area contributed by atoms with Crippen molar-refractivity contribution in [3.63, 3.8) is 0 Å². The third-order valence-electron chi connectivity index (χ3n) is 9.83. The minimum Gasteiger partial charge on any atom is -0.455 e. The number of benzene rings is 7. The Balaban J connectivity index is 1.21. The Morgan fingerprint density at radius 3 is 2.06 bits per heavy atom. The highest BCUT2D eigenvalue weighted by atomic mass is 32.1. The first-order valence-corrected chi connectivity index (χ1v) is 17.2. The van der Waals surface area contributed by atoms with Crippen LogP contribution in [0, 0.1) is 0 Å². The van der Waals surface area contributed by atoms with Crippen LogP contribution in [0.15, 0.2) is 156 Å². The molecule has 0 saturated carbocycles. The van der Waals surface area contributed by atoms with E-state index in [0.29, 0.717) is 5.95 Å². The van der Waals surface area contributed by atoms with E-state index in [-0.39, 0.29) is 0 Å². The molecule has 228 valence electrons. The van der Waals surface area contributed by atoms with E-state index in [1.165, 1.54) is 36.5 Å². The maximum atomic E-state index is 6.50. The molecule has 0 spiro atoms. The minimum atomic E-state index is 0.668. The van der Waals surface area contributed by atoms with Crippen LogP contribution in [0.3, 0.4) is 0 Å². The van der Waals surface area contributed by atoms with Crippen molar-refractivity contribution >= 4 is 86.2 Å². The van der Waals surface area contributed by atoms with Crippen molar-refractivity contribution in [2.45, 2.75) is 0 Å². The maximum Gasteiger partial charge on any atom is 0.235 e. The van der Waals surface area contributed by atoms with E-state index in [9.17, 15) is 0 Å². The van der Waals surface area contributed by atoms with Gasteiger partial charge in [-0.15, -0.1) is 11.3 Å². The molecule has 4 heterocycles. The summed E-state index contributed by atoms with van der Waals surface area (Å²) in [6.07, 6.45) is 0. The van der Waals surface area contributed by atoms with Crippen molar-refractivity contribution in [3.05, 3.63) is 152 Å². The fourth-order valence-corrected chi connectivity index (χ4v) is 9.06. The molecule has 0 aliphatic rings. The number of hydrogen-bond donors (Lipinski definition) is 0. The second-order valence-electron chi connectivity index (χ2n) is 12.5. The van der Waals surface area contributed by atoms with Crippen LogP contribution in [-0.4, -0.2) is 14.5 Å². The molecule has 0 fully saturated rings. The molecule has 0 aliphatic heterocycles. The Kier molecular flexibility index (Phi) is 5.51. The molecule has 7 aromatic carbocycles. The molecule has 0 amide bonds. The topological polar surface area (TPSA) is 43.9 Å². The van der Waals surface area contributed by atoms with E-state index in [1.807, 2.05) is 35.6 Å². The molecule has 0 radical (unpaired) electrons. The Bertz CT molecular complexity index is 3110. The first-order chi connectivity index (χ1) is 24.3. The Hall–Kier alpha value is -6.30. The van der Waals surface area contributed by atoms with E-state index >= 15 is 0 Å². The van der Waals surface area contributed by atoms with Crippen LogP contribution in [0.5, 0.6) is 0 Å². The van der Waals surface area contributed by atoms with Gasteiger partial charge in [0.1, 0.15) is 11.2 Å². The van der Waals surface area contributed by atoms with E-state index in [4.69, 9.17) is 14.4 Å². The number of hydrogen-bond acceptors (Lipinski definition) is 4. The van der Waals surface area contributed by atoms with Gasteiger partial charge in [-0.05, 0) is 24.3 Å². The molecular formula is C44H25N3OS. The second kappa shape index (κ2) is 10.1. The van der Waals surface area contributed by atoms with Crippen molar-refractivity contribution in [3.8, 4) is 28.3 Å². The number of rotatable bonds is 3. The lowest BCUT2D eigenvalue weighted by Crippen LogP contribution is -2.03. The van der Waals surface area contributed by atoms with E-state index in [1.54, 1.807) is 0 Å². The van der Waals surface area contributed by atoms with Gasteiger partial charge in [0.15, 0.2) is 0 Å². The van der Waals surface area contributed by atoms with Gasteiger partial charge in [-0.2, -0.15) is 0 Å². The Morgan fingerprint density at radius 1 is 0.469 bits per heavy atom. The number of fused-ring (bicyclic) bond motifs is 11. The van der Waals surface area contributed by atoms with Gasteiger partial charge in [0.05, 0.1) is 22.2 Å². The van der Waals surface area contributed by atoms with Crippen molar-refractivity contribution in [1.82, 2.24) is 14.5 Å². The van der Waals surface area contributed by atoms with Gasteiger partial charge in [0.25, 0.3) is 0 Å². The van der Waals surface area contributed by atoms with Crippen molar-refractivity contribution < 1.29 is 4.42 Å². The summed E-state index contributed by atoms with van der Waals surface area (Å²) >= 11 is 1.86. The highest BCUT2D eigenvalue weighted by molar-refractivity contribution is 7.27. The van der Waals surface area contributed by atoms with Gasteiger partial charge >= 0.3 is 0 Å². The normalized spacial score (nSPS) is 12.1. The SMILES string of the molecule is c1ccc(-c2nc(-n3c4ccccc4c4c5sc6c(-c7cccc8c7oc7ccccc78)cccc6c5ccc43)nc3ccccc23)cc1. The van der Waals surface area contributed by atoms with Gasteiger partial charge in [-0.3, -0.25) is 4.57 Å². The van der Waals surface area contributed by atoms with Crippen LogP contribution in [-0.2, 0) is 0 Å². The van der Waals surface area contributed by atoms with E-state index < -0.39 is 0 Å². The molecule has 5 heteroatoms. The van der Waals surface area contributed by atoms with E-state index in [0.717, 1.165) is 60.7 Å². The fraction of sp³-hybridized carbons (Fsp3) is 0. The van der Waals surface area contributed by atoms with Crippen molar-refractivity contribution in [2.75, 3.05) is 0 Å². The molecule has 11 rings (SSSR count). The number of furan rings is 1. The summed E-state index contributed by atoms with van der Waals surface area (Å²) in [7, 11) is 0. The summed E-state index contributed by atoms with van der Waals surface area (Å²) < 4.78 is 11.3. The standard InChI is InChI=1S/C44H25N3OS/c1-2-12-26(13-3-1)40-33-15-4-7-21-35(33)45-44(46-40)47-36-22-8-5-16-34(36)39-37(47)25-24-32-31-20-11-19-30(42(31)49-43(32)39)29-18-10-17-28-27-14-6-9-23-38(27)48-41(28)29/h1-25H. The highest BCUT2D eigenvalue weighted by Gasteiger charge is 2.22. The lowest BCUT2D eigenvalue weighted by Gasteiger charge is -2.11. The smallest absolute Gasteiger partial charge is 0.235 e. The molecule has 4 aromatic heterocycles. The average molecular weight is 644 g/mol. The number of thiophene rings is 1. The predicted molar refractivity (Wildman–Crippen MR) is 205 cm³/mol. The summed E-state index contributed by atoms with van der Waals surface area (Å²) in [5.74, 6) is 0.668. The van der Waals surface area contributed by atoms with Gasteiger partial charge in [0.2, 0.25) is 5.95 Å². The van der Waals surface area contributed by atoms with Crippen molar-refractivity contribution in [2.24, 2.45) is 0 Å². The molecule has 0 bridgehead atoms. The van der Waals surface area contributed by atoms with Gasteiger partial charge < -0.3 is 4.42 Å². The third kappa shape index (κ3) is 3.79. The minimum absolute atomic E-state index is 0.668. The largest absolute Gasteiger partial charge is 0.455 e. The monoisotopic (exact) mass is 643 g/mol. The van der Waals surface area contributed by atoms with Crippen LogP contribution < -0.4 is 0 Å². The summed E-state index contributed by atoms with van der Waals surface area (Å²) in [5.41, 5.74) is 9.24. The van der Waals surface area contributed by atoms with E-state index in [2.05, 4.69) is 132 Å². The van der Waals surface area contributed by atoms with Gasteiger partial charge in [-0.25, -0.2) is 9.97 Å². The summed E-state index contributed by atoms with van der Waals surface area (Å²) in [6.45, 7) is 0. The summed E-state index contributed by atoms with van der Waals surface area (Å²) in [5, 5.41) is 8.23. The zero-order chi connectivity index (χ0) is 32.1. The molecule has 4 nitrogen and oxygen atoms in total. The third-order valence-corrected chi connectivity index (χ3v) is 11.1. The summed E-state index contributed by atoms with van der Waals surface area (Å²) in [6, 6.07) is 53.3. The van der Waals surface area contributed by atoms with Crippen LogP contribution in [0.1, 0.15) is 0 Å². The zero-order valence-corrected chi connectivity index (χ0v) is 26.9. The molecule has 0 N–H and O–H groups in total. The molecular weight excluding hydrogens is 619 g/mol. The van der Waals surface area contributed by atoms with Crippen LogP contribution in [0.25, 0.3) is 103 Å². The highest BCUT2D eigenvalue weighted by Crippen LogP contribution is 2.47. The van der Waals surface area contributed by atoms with Crippen LogP contribution >= 0.6 is 11.3 Å². The Labute approximate surface area is 284 Å². The van der Waals surface area contributed by atoms with Gasteiger partial charge in [0, 0.05) is 63.8 Å². The molecule has 49 heavy (non-hydrogen) atoms. The average Bonchev–Trinajstić information content (AvgIpc) is 3.84. The second-order valence-corrected chi connectivity index (χ2v) is 13.5. The van der Waals surface area contributed by atoms with Crippen LogP contribution in [0.2, 0.25) is 0 Å². The molecule has 0 aliphatic carbocycles. The predicted octanol–water partition coefficient (Wildman–Crippen LogP) is 12.3. The number of nitrogens with zero attached hydrogens (tertiary/aromatic N) is 3. The molecule has 0 unspecified atom stereocenters.